The lowest BCUT2D eigenvalue weighted by molar-refractivity contribution is 0.549. The molecule has 2 aromatic heterocycles. The van der Waals surface area contributed by atoms with Crippen LogP contribution in [0.15, 0.2) is 29.2 Å². The number of hydrogen-bond acceptors (Lipinski definition) is 3. The Balaban J connectivity index is 2.03. The molecule has 0 saturated heterocycles. The largest absolute Gasteiger partial charge is 0.356 e. The highest BCUT2D eigenvalue weighted by Gasteiger charge is 2.10. The van der Waals surface area contributed by atoms with E-state index in [9.17, 15) is 0 Å². The first-order chi connectivity index (χ1) is 8.31. The van der Waals surface area contributed by atoms with Crippen molar-refractivity contribution >= 4 is 17.3 Å². The summed E-state index contributed by atoms with van der Waals surface area (Å²) >= 11 is 1.76. The third-order valence-corrected chi connectivity index (χ3v) is 3.52. The average Bonchev–Trinajstić information content (AvgIpc) is 2.96. The van der Waals surface area contributed by atoms with E-state index >= 15 is 0 Å². The maximum Gasteiger partial charge on any atom is 0.203 e. The van der Waals surface area contributed by atoms with Crippen molar-refractivity contribution < 1.29 is 0 Å². The molecule has 0 aliphatic carbocycles. The minimum absolute atomic E-state index is 0.437. The molecule has 4 heteroatoms. The zero-order valence-electron chi connectivity index (χ0n) is 10.4. The van der Waals surface area contributed by atoms with Crippen LogP contribution in [0.2, 0.25) is 0 Å². The standard InChI is InChI=1S/C13H19N3S/c1-3-5-14-13-15-6-7-16(13)11(2)9-12-4-8-17-10-12/h4,6-8,10-11H,3,5,9H2,1-2H3,(H,14,15). The van der Waals surface area contributed by atoms with Crippen molar-refractivity contribution in [3.8, 4) is 0 Å². The fraction of sp³-hybridized carbons (Fsp3) is 0.462. The third-order valence-electron chi connectivity index (χ3n) is 2.79. The van der Waals surface area contributed by atoms with Crippen molar-refractivity contribution in [3.05, 3.63) is 34.8 Å². The molecule has 2 aromatic rings. The summed E-state index contributed by atoms with van der Waals surface area (Å²) in [5.41, 5.74) is 1.40. The van der Waals surface area contributed by atoms with E-state index in [0.29, 0.717) is 6.04 Å². The minimum atomic E-state index is 0.437. The average molecular weight is 249 g/mol. The molecule has 0 fully saturated rings. The van der Waals surface area contributed by atoms with Gasteiger partial charge in [0.15, 0.2) is 0 Å². The van der Waals surface area contributed by atoms with Crippen LogP contribution in [-0.4, -0.2) is 16.1 Å². The third kappa shape index (κ3) is 3.09. The van der Waals surface area contributed by atoms with Crippen molar-refractivity contribution in [2.45, 2.75) is 32.7 Å². The molecule has 2 rings (SSSR count). The first kappa shape index (κ1) is 12.2. The Morgan fingerprint density at radius 2 is 2.41 bits per heavy atom. The molecular formula is C13H19N3S. The van der Waals surface area contributed by atoms with Crippen molar-refractivity contribution in [1.82, 2.24) is 9.55 Å². The van der Waals surface area contributed by atoms with Crippen LogP contribution < -0.4 is 5.32 Å². The van der Waals surface area contributed by atoms with Gasteiger partial charge in [0.05, 0.1) is 0 Å². The molecule has 3 nitrogen and oxygen atoms in total. The van der Waals surface area contributed by atoms with Gasteiger partial charge in [0.2, 0.25) is 5.95 Å². The molecule has 0 spiro atoms. The number of imidazole rings is 1. The van der Waals surface area contributed by atoms with E-state index in [1.807, 2.05) is 6.20 Å². The van der Waals surface area contributed by atoms with Crippen LogP contribution >= 0.6 is 11.3 Å². The number of thiophene rings is 1. The highest BCUT2D eigenvalue weighted by atomic mass is 32.1. The normalized spacial score (nSPS) is 12.6. The number of anilines is 1. The number of aromatic nitrogens is 2. The fourth-order valence-electron chi connectivity index (χ4n) is 1.89. The van der Waals surface area contributed by atoms with E-state index in [2.05, 4.69) is 51.7 Å². The summed E-state index contributed by atoms with van der Waals surface area (Å²) in [5.74, 6) is 0.981. The lowest BCUT2D eigenvalue weighted by atomic mass is 10.1. The predicted molar refractivity (Wildman–Crippen MR) is 73.7 cm³/mol. The van der Waals surface area contributed by atoms with Gasteiger partial charge in [-0.2, -0.15) is 11.3 Å². The summed E-state index contributed by atoms with van der Waals surface area (Å²) in [4.78, 5) is 4.36. The van der Waals surface area contributed by atoms with E-state index < -0.39 is 0 Å². The van der Waals surface area contributed by atoms with E-state index in [1.54, 1.807) is 11.3 Å². The van der Waals surface area contributed by atoms with Gasteiger partial charge in [0.25, 0.3) is 0 Å². The van der Waals surface area contributed by atoms with Crippen molar-refractivity contribution in [3.63, 3.8) is 0 Å². The SMILES string of the molecule is CCCNc1nccn1C(C)Cc1ccsc1. The smallest absolute Gasteiger partial charge is 0.203 e. The summed E-state index contributed by atoms with van der Waals surface area (Å²) in [6.07, 6.45) is 6.09. The van der Waals surface area contributed by atoms with Gasteiger partial charge in [-0.15, -0.1) is 0 Å². The Bertz CT molecular complexity index is 433. The fourth-order valence-corrected chi connectivity index (χ4v) is 2.57. The second-order valence-electron chi connectivity index (χ2n) is 4.27. The summed E-state index contributed by atoms with van der Waals surface area (Å²) in [5, 5.41) is 7.70. The minimum Gasteiger partial charge on any atom is -0.356 e. The van der Waals surface area contributed by atoms with Crippen LogP contribution in [0.1, 0.15) is 31.9 Å². The number of rotatable bonds is 6. The molecule has 2 heterocycles. The Kier molecular flexibility index (Phi) is 4.20. The summed E-state index contributed by atoms with van der Waals surface area (Å²) in [6, 6.07) is 2.63. The Morgan fingerprint density at radius 3 is 3.12 bits per heavy atom. The van der Waals surface area contributed by atoms with E-state index in [1.165, 1.54) is 5.56 Å². The van der Waals surface area contributed by atoms with Crippen LogP contribution in [0, 0.1) is 0 Å². The molecule has 92 valence electrons. The van der Waals surface area contributed by atoms with Gasteiger partial charge < -0.3 is 9.88 Å². The second kappa shape index (κ2) is 5.87. The van der Waals surface area contributed by atoms with Gasteiger partial charge in [0.1, 0.15) is 0 Å². The van der Waals surface area contributed by atoms with Crippen LogP contribution in [0.25, 0.3) is 0 Å². The van der Waals surface area contributed by atoms with Crippen LogP contribution in [0.4, 0.5) is 5.95 Å². The van der Waals surface area contributed by atoms with Crippen molar-refractivity contribution in [1.29, 1.82) is 0 Å². The summed E-state index contributed by atoms with van der Waals surface area (Å²) in [7, 11) is 0. The molecular weight excluding hydrogens is 230 g/mol. The van der Waals surface area contributed by atoms with Gasteiger partial charge in [0, 0.05) is 25.0 Å². The van der Waals surface area contributed by atoms with E-state index in [4.69, 9.17) is 0 Å². The van der Waals surface area contributed by atoms with Crippen LogP contribution in [-0.2, 0) is 6.42 Å². The zero-order valence-corrected chi connectivity index (χ0v) is 11.2. The monoisotopic (exact) mass is 249 g/mol. The molecule has 0 aliphatic heterocycles. The molecule has 0 bridgehead atoms. The van der Waals surface area contributed by atoms with E-state index in [0.717, 1.165) is 25.3 Å². The first-order valence-corrected chi connectivity index (χ1v) is 7.03. The van der Waals surface area contributed by atoms with Crippen molar-refractivity contribution in [2.24, 2.45) is 0 Å². The van der Waals surface area contributed by atoms with Gasteiger partial charge in [-0.1, -0.05) is 6.92 Å². The summed E-state index contributed by atoms with van der Waals surface area (Å²) in [6.45, 7) is 5.37. The molecule has 1 unspecified atom stereocenters. The molecule has 0 saturated carbocycles. The van der Waals surface area contributed by atoms with Crippen LogP contribution in [0.3, 0.4) is 0 Å². The maximum atomic E-state index is 4.36. The predicted octanol–water partition coefficient (Wildman–Crippen LogP) is 3.57. The zero-order chi connectivity index (χ0) is 12.1. The lowest BCUT2D eigenvalue weighted by Gasteiger charge is -2.16. The molecule has 0 radical (unpaired) electrons. The summed E-state index contributed by atoms with van der Waals surface area (Å²) < 4.78 is 2.22. The molecule has 1 atom stereocenters. The lowest BCUT2D eigenvalue weighted by Crippen LogP contribution is -2.12. The molecule has 0 aromatic carbocycles. The van der Waals surface area contributed by atoms with Gasteiger partial charge >= 0.3 is 0 Å². The highest BCUT2D eigenvalue weighted by Crippen LogP contribution is 2.19. The number of nitrogens with one attached hydrogen (secondary N) is 1. The highest BCUT2D eigenvalue weighted by molar-refractivity contribution is 7.07. The van der Waals surface area contributed by atoms with Gasteiger partial charge in [-0.25, -0.2) is 4.98 Å². The topological polar surface area (TPSA) is 29.9 Å². The molecule has 0 aliphatic rings. The first-order valence-electron chi connectivity index (χ1n) is 6.09. The molecule has 0 amide bonds. The maximum absolute atomic E-state index is 4.36. The van der Waals surface area contributed by atoms with Crippen molar-refractivity contribution in [2.75, 3.05) is 11.9 Å². The Hall–Kier alpha value is -1.29. The Labute approximate surface area is 107 Å². The van der Waals surface area contributed by atoms with Gasteiger partial charge in [-0.3, -0.25) is 0 Å². The molecule has 1 N–H and O–H groups in total. The number of hydrogen-bond donors (Lipinski definition) is 1. The van der Waals surface area contributed by atoms with Crippen LogP contribution in [0.5, 0.6) is 0 Å². The van der Waals surface area contributed by atoms with E-state index in [-0.39, 0.29) is 0 Å². The van der Waals surface area contributed by atoms with Gasteiger partial charge in [-0.05, 0) is 42.2 Å². The quantitative estimate of drug-likeness (QED) is 0.848. The second-order valence-corrected chi connectivity index (χ2v) is 5.05. The Morgan fingerprint density at radius 1 is 1.53 bits per heavy atom. The molecule has 17 heavy (non-hydrogen) atoms. The number of nitrogens with zero attached hydrogens (tertiary/aromatic N) is 2.